The average Bonchev–Trinajstić information content (AvgIpc) is 2.77. The molecule has 0 aliphatic heterocycles. The zero-order chi connectivity index (χ0) is 24.0. The molecule has 0 saturated heterocycles. The number of non-ortho nitro benzene ring substituents is 1. The van der Waals surface area contributed by atoms with Gasteiger partial charge < -0.3 is 10.1 Å². The molecule has 3 aromatic rings. The molecule has 166 valence electrons. The third kappa shape index (κ3) is 6.65. The van der Waals surface area contributed by atoms with Crippen LogP contribution in [0.3, 0.4) is 0 Å². The molecule has 0 heterocycles. The van der Waals surface area contributed by atoms with Gasteiger partial charge in [-0.3, -0.25) is 14.9 Å². The van der Waals surface area contributed by atoms with Crippen molar-refractivity contribution in [3.05, 3.63) is 101 Å². The first-order chi connectivity index (χ1) is 15.8. The number of rotatable bonds is 7. The van der Waals surface area contributed by atoms with Crippen molar-refractivity contribution < 1.29 is 14.5 Å². The van der Waals surface area contributed by atoms with E-state index in [9.17, 15) is 20.2 Å². The number of nitro benzene ring substituents is 1. The summed E-state index contributed by atoms with van der Waals surface area (Å²) in [6, 6.07) is 18.0. The molecule has 33 heavy (non-hydrogen) atoms. The lowest BCUT2D eigenvalue weighted by atomic mass is 10.1. The molecule has 0 aliphatic rings. The normalized spacial score (nSPS) is 10.9. The number of nitriles is 1. The number of nitrogens with zero attached hydrogens (tertiary/aromatic N) is 2. The van der Waals surface area contributed by atoms with Gasteiger partial charge in [-0.1, -0.05) is 17.7 Å². The van der Waals surface area contributed by atoms with Gasteiger partial charge in [-0.2, -0.15) is 5.26 Å². The number of hydrogen-bond donors (Lipinski definition) is 1. The lowest BCUT2D eigenvalue weighted by Gasteiger charge is -2.12. The van der Waals surface area contributed by atoms with Gasteiger partial charge in [-0.25, -0.2) is 0 Å². The van der Waals surface area contributed by atoms with E-state index >= 15 is 0 Å². The van der Waals surface area contributed by atoms with Crippen molar-refractivity contribution in [2.24, 2.45) is 0 Å². The molecule has 0 aromatic heterocycles. The van der Waals surface area contributed by atoms with Crippen LogP contribution in [-0.4, -0.2) is 10.8 Å². The molecular weight excluding hydrogens is 578 g/mol. The molecule has 0 fully saturated rings. The second kappa shape index (κ2) is 11.1. The van der Waals surface area contributed by atoms with Crippen LogP contribution in [0.25, 0.3) is 6.08 Å². The van der Waals surface area contributed by atoms with Crippen LogP contribution in [-0.2, 0) is 11.4 Å². The van der Waals surface area contributed by atoms with Gasteiger partial charge in [-0.15, -0.1) is 0 Å². The van der Waals surface area contributed by atoms with Crippen LogP contribution in [0.1, 0.15) is 11.1 Å². The van der Waals surface area contributed by atoms with E-state index in [4.69, 9.17) is 16.3 Å². The van der Waals surface area contributed by atoms with Gasteiger partial charge in [0.05, 0.1) is 13.9 Å². The smallest absolute Gasteiger partial charge is 0.269 e. The van der Waals surface area contributed by atoms with Crippen molar-refractivity contribution in [2.75, 3.05) is 5.32 Å². The Hall–Kier alpha value is -3.19. The van der Waals surface area contributed by atoms with E-state index in [2.05, 4.69) is 37.2 Å². The molecule has 1 amide bonds. The van der Waals surface area contributed by atoms with Crippen LogP contribution < -0.4 is 10.1 Å². The molecule has 3 rings (SSSR count). The van der Waals surface area contributed by atoms with Gasteiger partial charge >= 0.3 is 0 Å². The second-order valence-corrected chi connectivity index (χ2v) is 8.81. The van der Waals surface area contributed by atoms with Gasteiger partial charge in [-0.05, 0) is 91.5 Å². The Bertz CT molecular complexity index is 1260. The molecule has 0 aliphatic carbocycles. The lowest BCUT2D eigenvalue weighted by molar-refractivity contribution is -0.384. The summed E-state index contributed by atoms with van der Waals surface area (Å²) in [6.45, 7) is 0.190. The SMILES string of the molecule is N#C/C(=C\c1cc(Br)c(OCc2ccc([N+](=O)[O-])cc2)c(Br)c1)C(=O)Nc1cccc(Cl)c1. The molecule has 0 spiro atoms. The number of anilines is 1. The highest BCUT2D eigenvalue weighted by atomic mass is 79.9. The van der Waals surface area contributed by atoms with Gasteiger partial charge in [0, 0.05) is 22.8 Å². The molecule has 0 unspecified atom stereocenters. The summed E-state index contributed by atoms with van der Waals surface area (Å²) < 4.78 is 7.03. The number of ether oxygens (including phenoxy) is 1. The highest BCUT2D eigenvalue weighted by Gasteiger charge is 2.13. The highest BCUT2D eigenvalue weighted by molar-refractivity contribution is 9.11. The summed E-state index contributed by atoms with van der Waals surface area (Å²) in [5.74, 6) is -0.0575. The van der Waals surface area contributed by atoms with Crippen molar-refractivity contribution in [1.29, 1.82) is 5.26 Å². The molecule has 7 nitrogen and oxygen atoms in total. The number of nitro groups is 1. The third-order valence-electron chi connectivity index (χ3n) is 4.31. The molecular formula is C23H14Br2ClN3O4. The van der Waals surface area contributed by atoms with Gasteiger partial charge in [0.1, 0.15) is 24.0 Å². The van der Waals surface area contributed by atoms with E-state index in [1.807, 2.05) is 6.07 Å². The summed E-state index contributed by atoms with van der Waals surface area (Å²) >= 11 is 12.8. The largest absolute Gasteiger partial charge is 0.487 e. The monoisotopic (exact) mass is 589 g/mol. The Balaban J connectivity index is 1.75. The maximum Gasteiger partial charge on any atom is 0.269 e. The maximum atomic E-state index is 12.5. The quantitative estimate of drug-likeness (QED) is 0.139. The number of carbonyl (C=O) groups excluding carboxylic acids is 1. The molecule has 0 saturated carbocycles. The van der Waals surface area contributed by atoms with E-state index < -0.39 is 10.8 Å². The van der Waals surface area contributed by atoms with Crippen LogP contribution in [0.5, 0.6) is 5.75 Å². The topological polar surface area (TPSA) is 105 Å². The molecule has 3 aromatic carbocycles. The number of nitrogens with one attached hydrogen (secondary N) is 1. The number of carbonyl (C=O) groups is 1. The molecule has 0 radical (unpaired) electrons. The minimum absolute atomic E-state index is 0.00458. The van der Waals surface area contributed by atoms with Crippen LogP contribution in [0.4, 0.5) is 11.4 Å². The Labute approximate surface area is 211 Å². The summed E-state index contributed by atoms with van der Waals surface area (Å²) in [4.78, 5) is 22.8. The van der Waals surface area contributed by atoms with E-state index in [1.54, 1.807) is 48.5 Å². The van der Waals surface area contributed by atoms with Crippen LogP contribution in [0.15, 0.2) is 75.2 Å². The zero-order valence-electron chi connectivity index (χ0n) is 16.7. The molecule has 0 atom stereocenters. The summed E-state index contributed by atoms with van der Waals surface area (Å²) in [5, 5.41) is 23.3. The zero-order valence-corrected chi connectivity index (χ0v) is 20.6. The van der Waals surface area contributed by atoms with E-state index in [0.717, 1.165) is 5.56 Å². The summed E-state index contributed by atoms with van der Waals surface area (Å²) in [6.07, 6.45) is 1.45. The van der Waals surface area contributed by atoms with Crippen molar-refractivity contribution in [3.63, 3.8) is 0 Å². The number of benzene rings is 3. The molecule has 0 bridgehead atoms. The first-order valence-corrected chi connectivity index (χ1v) is 11.3. The fourth-order valence-electron chi connectivity index (χ4n) is 2.75. The summed E-state index contributed by atoms with van der Waals surface area (Å²) in [7, 11) is 0. The Morgan fingerprint density at radius 3 is 2.39 bits per heavy atom. The number of amides is 1. The predicted molar refractivity (Wildman–Crippen MR) is 133 cm³/mol. The van der Waals surface area contributed by atoms with Crippen molar-refractivity contribution in [1.82, 2.24) is 0 Å². The Morgan fingerprint density at radius 1 is 1.15 bits per heavy atom. The highest BCUT2D eigenvalue weighted by Crippen LogP contribution is 2.36. The minimum atomic E-state index is -0.564. The standard InChI is InChI=1S/C23H14Br2ClN3O4/c24-20-9-15(8-16(12-27)23(30)28-18-3-1-2-17(26)11-18)10-21(25)22(20)33-13-14-4-6-19(7-5-14)29(31)32/h1-11H,13H2,(H,28,30)/b16-8+. The third-order valence-corrected chi connectivity index (χ3v) is 5.72. The van der Waals surface area contributed by atoms with Crippen molar-refractivity contribution >= 4 is 66.8 Å². The fraction of sp³-hybridized carbons (Fsp3) is 0.0435. The van der Waals surface area contributed by atoms with E-state index in [1.165, 1.54) is 18.2 Å². The molecule has 1 N–H and O–H groups in total. The first kappa shape index (κ1) is 24.5. The number of halogens is 3. The lowest BCUT2D eigenvalue weighted by Crippen LogP contribution is -2.13. The molecule has 10 heteroatoms. The van der Waals surface area contributed by atoms with Crippen LogP contribution >= 0.6 is 43.5 Å². The van der Waals surface area contributed by atoms with Crippen LogP contribution in [0.2, 0.25) is 5.02 Å². The summed E-state index contributed by atoms with van der Waals surface area (Å²) in [5.41, 5.74) is 1.74. The maximum absolute atomic E-state index is 12.5. The van der Waals surface area contributed by atoms with Gasteiger partial charge in [0.2, 0.25) is 0 Å². The predicted octanol–water partition coefficient (Wildman–Crippen LogP) is 6.90. The Kier molecular flexibility index (Phi) is 8.22. The average molecular weight is 592 g/mol. The van der Waals surface area contributed by atoms with Gasteiger partial charge in [0.15, 0.2) is 0 Å². The first-order valence-electron chi connectivity index (χ1n) is 9.30. The van der Waals surface area contributed by atoms with E-state index in [0.29, 0.717) is 31.0 Å². The van der Waals surface area contributed by atoms with Crippen LogP contribution in [0, 0.1) is 21.4 Å². The second-order valence-electron chi connectivity index (χ2n) is 6.66. The van der Waals surface area contributed by atoms with Gasteiger partial charge in [0.25, 0.3) is 11.6 Å². The van der Waals surface area contributed by atoms with Crippen molar-refractivity contribution in [2.45, 2.75) is 6.61 Å². The fourth-order valence-corrected chi connectivity index (χ4v) is 4.39. The van der Waals surface area contributed by atoms with Crippen molar-refractivity contribution in [3.8, 4) is 11.8 Å². The van der Waals surface area contributed by atoms with E-state index in [-0.39, 0.29) is 17.9 Å². The minimum Gasteiger partial charge on any atom is -0.487 e. The number of hydrogen-bond acceptors (Lipinski definition) is 5. The Morgan fingerprint density at radius 2 is 1.82 bits per heavy atom.